The van der Waals surface area contributed by atoms with Gasteiger partial charge in [-0.2, -0.15) is 0 Å². The Morgan fingerprint density at radius 1 is 1.06 bits per heavy atom. The summed E-state index contributed by atoms with van der Waals surface area (Å²) in [7, 11) is 0. The number of likely N-dealkylation sites (tertiary alicyclic amines) is 1. The molecule has 2 aromatic rings. The number of carbonyl (C=O) groups is 1. The van der Waals surface area contributed by atoms with Crippen molar-refractivity contribution in [1.29, 1.82) is 0 Å². The fourth-order valence-corrected chi connectivity index (χ4v) is 5.48. The monoisotopic (exact) mass is 420 g/mol. The van der Waals surface area contributed by atoms with E-state index in [4.69, 9.17) is 0 Å². The summed E-state index contributed by atoms with van der Waals surface area (Å²) in [6.45, 7) is 5.84. The summed E-state index contributed by atoms with van der Waals surface area (Å²) in [4.78, 5) is 28.1. The van der Waals surface area contributed by atoms with Crippen LogP contribution in [0, 0.1) is 11.8 Å². The first kappa shape index (κ1) is 20.5. The van der Waals surface area contributed by atoms with Gasteiger partial charge < -0.3 is 15.2 Å². The van der Waals surface area contributed by atoms with E-state index in [2.05, 4.69) is 21.6 Å². The van der Waals surface area contributed by atoms with Gasteiger partial charge in [-0.15, -0.1) is 0 Å². The first-order valence-corrected chi connectivity index (χ1v) is 11.6. The lowest BCUT2D eigenvalue weighted by Crippen LogP contribution is -2.46. The number of hydrogen-bond acceptors (Lipinski definition) is 4. The van der Waals surface area contributed by atoms with Gasteiger partial charge in [-0.25, -0.2) is 0 Å². The molecule has 0 aliphatic carbocycles. The van der Waals surface area contributed by atoms with Crippen molar-refractivity contribution >= 4 is 5.91 Å². The fraction of sp³-hybridized carbons (Fsp3) is 0.520. The number of nitrogens with zero attached hydrogens (tertiary/aromatic N) is 2. The Labute approximate surface area is 183 Å². The topological polar surface area (TPSA) is 66.4 Å². The Balaban J connectivity index is 1.16. The molecule has 0 unspecified atom stereocenters. The highest BCUT2D eigenvalue weighted by molar-refractivity contribution is 5.78. The zero-order valence-corrected chi connectivity index (χ0v) is 18.1. The number of pyridine rings is 1. The van der Waals surface area contributed by atoms with Crippen LogP contribution in [0.15, 0.2) is 47.3 Å². The minimum absolute atomic E-state index is 0.0662. The van der Waals surface area contributed by atoms with Crippen molar-refractivity contribution in [1.82, 2.24) is 20.1 Å². The number of rotatable bonds is 5. The molecular weight excluding hydrogens is 388 g/mol. The number of fused-ring (bicyclic) bond motifs is 4. The Kier molecular flexibility index (Phi) is 5.92. The molecule has 0 saturated carbocycles. The van der Waals surface area contributed by atoms with Crippen LogP contribution in [0.4, 0.5) is 0 Å². The first-order chi connectivity index (χ1) is 15.2. The van der Waals surface area contributed by atoms with E-state index in [0.717, 1.165) is 56.7 Å². The zero-order valence-electron chi connectivity index (χ0n) is 18.1. The van der Waals surface area contributed by atoms with Crippen molar-refractivity contribution in [2.45, 2.75) is 44.8 Å². The lowest BCUT2D eigenvalue weighted by molar-refractivity contribution is -0.126. The van der Waals surface area contributed by atoms with Gasteiger partial charge in [-0.1, -0.05) is 36.4 Å². The maximum Gasteiger partial charge on any atom is 0.255 e. The second-order valence-corrected chi connectivity index (χ2v) is 9.41. The van der Waals surface area contributed by atoms with Crippen LogP contribution in [0.3, 0.4) is 0 Å². The SMILES string of the molecule is O=C(NCc1ccccc1)C1CCN(Cc2ccc3n(c2=O)C[C@@H]2CNC[C@H]3C2)CC1. The van der Waals surface area contributed by atoms with Gasteiger partial charge in [0.15, 0.2) is 0 Å². The van der Waals surface area contributed by atoms with E-state index in [-0.39, 0.29) is 17.4 Å². The van der Waals surface area contributed by atoms with E-state index in [1.807, 2.05) is 41.0 Å². The molecule has 1 amide bonds. The van der Waals surface area contributed by atoms with E-state index in [1.165, 1.54) is 12.1 Å². The molecule has 2 fully saturated rings. The summed E-state index contributed by atoms with van der Waals surface area (Å²) in [6.07, 6.45) is 2.90. The summed E-state index contributed by atoms with van der Waals surface area (Å²) < 4.78 is 2.04. The quantitative estimate of drug-likeness (QED) is 0.777. The third-order valence-corrected chi connectivity index (χ3v) is 7.25. The van der Waals surface area contributed by atoms with Crippen molar-refractivity contribution in [3.05, 3.63) is 69.6 Å². The number of benzene rings is 1. The predicted molar refractivity (Wildman–Crippen MR) is 121 cm³/mol. The summed E-state index contributed by atoms with van der Waals surface area (Å²) in [6, 6.07) is 14.3. The molecule has 2 N–H and O–H groups in total. The average Bonchev–Trinajstić information content (AvgIpc) is 2.81. The molecule has 0 radical (unpaired) electrons. The van der Waals surface area contributed by atoms with Crippen LogP contribution in [-0.2, 0) is 24.4 Å². The minimum atomic E-state index is 0.0662. The third kappa shape index (κ3) is 4.46. The third-order valence-electron chi connectivity index (χ3n) is 7.25. The number of amides is 1. The molecule has 0 spiro atoms. The van der Waals surface area contributed by atoms with Crippen LogP contribution < -0.4 is 16.2 Å². The number of carbonyl (C=O) groups excluding carboxylic acids is 1. The van der Waals surface area contributed by atoms with Gasteiger partial charge in [0.1, 0.15) is 0 Å². The highest BCUT2D eigenvalue weighted by atomic mass is 16.2. The Bertz CT molecular complexity index is 979. The summed E-state index contributed by atoms with van der Waals surface area (Å²) >= 11 is 0. The van der Waals surface area contributed by atoms with Crippen LogP contribution in [0.5, 0.6) is 0 Å². The fourth-order valence-electron chi connectivity index (χ4n) is 5.48. The average molecular weight is 421 g/mol. The van der Waals surface area contributed by atoms with E-state index < -0.39 is 0 Å². The second-order valence-electron chi connectivity index (χ2n) is 9.41. The van der Waals surface area contributed by atoms with Crippen LogP contribution in [-0.4, -0.2) is 41.6 Å². The first-order valence-electron chi connectivity index (χ1n) is 11.6. The lowest BCUT2D eigenvalue weighted by Gasteiger charge is -2.38. The maximum atomic E-state index is 13.2. The summed E-state index contributed by atoms with van der Waals surface area (Å²) in [5.74, 6) is 1.26. The Hall–Kier alpha value is -2.44. The van der Waals surface area contributed by atoms with Crippen molar-refractivity contribution in [3.63, 3.8) is 0 Å². The van der Waals surface area contributed by atoms with E-state index in [0.29, 0.717) is 24.9 Å². The molecule has 6 nitrogen and oxygen atoms in total. The second kappa shape index (κ2) is 8.97. The molecule has 2 atom stereocenters. The van der Waals surface area contributed by atoms with Crippen LogP contribution >= 0.6 is 0 Å². The molecule has 6 heteroatoms. The van der Waals surface area contributed by atoms with Gasteiger partial charge in [-0.3, -0.25) is 14.5 Å². The standard InChI is InChI=1S/C25H32N4O2/c30-24(27-14-18-4-2-1-3-5-18)20-8-10-28(11-9-20)17-21-6-7-23-22-12-19(13-26-15-22)16-29(23)25(21)31/h1-7,19-20,22,26H,8-17H2,(H,27,30)/t19-,22+/m0/s1. The molecule has 2 bridgehead atoms. The van der Waals surface area contributed by atoms with Crippen molar-refractivity contribution in [2.75, 3.05) is 26.2 Å². The number of nitrogens with one attached hydrogen (secondary N) is 2. The zero-order chi connectivity index (χ0) is 21.2. The highest BCUT2D eigenvalue weighted by Gasteiger charge is 2.31. The number of aromatic nitrogens is 1. The largest absolute Gasteiger partial charge is 0.352 e. The number of hydrogen-bond donors (Lipinski definition) is 2. The van der Waals surface area contributed by atoms with E-state index in [1.54, 1.807) is 0 Å². The van der Waals surface area contributed by atoms with Gasteiger partial charge in [0, 0.05) is 49.3 Å². The predicted octanol–water partition coefficient (Wildman–Crippen LogP) is 2.08. The lowest BCUT2D eigenvalue weighted by atomic mass is 9.84. The molecule has 1 aromatic heterocycles. The smallest absolute Gasteiger partial charge is 0.255 e. The molecule has 1 aromatic carbocycles. The molecule has 31 heavy (non-hydrogen) atoms. The number of piperidine rings is 2. The molecule has 3 aliphatic rings. The Morgan fingerprint density at radius 2 is 1.87 bits per heavy atom. The van der Waals surface area contributed by atoms with Gasteiger partial charge in [0.05, 0.1) is 0 Å². The van der Waals surface area contributed by atoms with E-state index in [9.17, 15) is 9.59 Å². The van der Waals surface area contributed by atoms with E-state index >= 15 is 0 Å². The van der Waals surface area contributed by atoms with Crippen molar-refractivity contribution in [3.8, 4) is 0 Å². The van der Waals surface area contributed by atoms with Gasteiger partial charge in [0.2, 0.25) is 5.91 Å². The molecule has 3 aliphatic heterocycles. The van der Waals surface area contributed by atoms with Crippen LogP contribution in [0.1, 0.15) is 42.0 Å². The molecule has 2 saturated heterocycles. The van der Waals surface area contributed by atoms with Gasteiger partial charge in [0.25, 0.3) is 5.56 Å². The van der Waals surface area contributed by atoms with Crippen LogP contribution in [0.25, 0.3) is 0 Å². The van der Waals surface area contributed by atoms with Gasteiger partial charge in [-0.05, 0) is 56.4 Å². The van der Waals surface area contributed by atoms with Crippen molar-refractivity contribution in [2.24, 2.45) is 11.8 Å². The molecular formula is C25H32N4O2. The van der Waals surface area contributed by atoms with Crippen LogP contribution in [0.2, 0.25) is 0 Å². The van der Waals surface area contributed by atoms with Crippen molar-refractivity contribution < 1.29 is 4.79 Å². The highest BCUT2D eigenvalue weighted by Crippen LogP contribution is 2.31. The molecule has 5 rings (SSSR count). The summed E-state index contributed by atoms with van der Waals surface area (Å²) in [5.41, 5.74) is 3.41. The minimum Gasteiger partial charge on any atom is -0.352 e. The molecule has 164 valence electrons. The maximum absolute atomic E-state index is 13.2. The summed E-state index contributed by atoms with van der Waals surface area (Å²) in [5, 5.41) is 6.58. The van der Waals surface area contributed by atoms with Gasteiger partial charge >= 0.3 is 0 Å². The molecule has 4 heterocycles. The normalized spacial score (nSPS) is 23.9. The Morgan fingerprint density at radius 3 is 2.68 bits per heavy atom.